The van der Waals surface area contributed by atoms with Gasteiger partial charge in [0, 0.05) is 29.7 Å². The van der Waals surface area contributed by atoms with Crippen LogP contribution >= 0.6 is 22.6 Å². The number of hydrogen-bond donors (Lipinski definition) is 0. The number of anilines is 1. The number of carbonyl (C=O) groups excluding carboxylic acids is 2. The van der Waals surface area contributed by atoms with Crippen molar-refractivity contribution in [2.45, 2.75) is 0 Å². The fourth-order valence-corrected chi connectivity index (χ4v) is 3.21. The van der Waals surface area contributed by atoms with E-state index >= 15 is 0 Å². The summed E-state index contributed by atoms with van der Waals surface area (Å²) in [4.78, 5) is 27.5. The van der Waals surface area contributed by atoms with Crippen LogP contribution in [0, 0.1) is 9.39 Å². The molecule has 28 heavy (non-hydrogen) atoms. The standard InChI is InChI=1S/C20H20FIN2O4/c21-17-3-1-2-4-18(17)23-9-11-24(12-10-23)19(25)13-28-20(26)14-27-16-7-5-15(22)6-8-16/h1-8H,9-14H2. The molecule has 0 aromatic heterocycles. The highest BCUT2D eigenvalue weighted by Crippen LogP contribution is 2.20. The molecule has 2 aromatic carbocycles. The minimum absolute atomic E-state index is 0.255. The Kier molecular flexibility index (Phi) is 7.07. The first kappa shape index (κ1) is 20.4. The third-order valence-corrected chi connectivity index (χ3v) is 5.07. The highest BCUT2D eigenvalue weighted by molar-refractivity contribution is 14.1. The highest BCUT2D eigenvalue weighted by Gasteiger charge is 2.23. The summed E-state index contributed by atoms with van der Waals surface area (Å²) >= 11 is 2.18. The van der Waals surface area contributed by atoms with Gasteiger partial charge in [0.25, 0.3) is 5.91 Å². The van der Waals surface area contributed by atoms with Crippen molar-refractivity contribution < 1.29 is 23.5 Å². The van der Waals surface area contributed by atoms with Gasteiger partial charge in [-0.1, -0.05) is 12.1 Å². The van der Waals surface area contributed by atoms with Crippen LogP contribution < -0.4 is 9.64 Å². The summed E-state index contributed by atoms with van der Waals surface area (Å²) < 4.78 is 25.3. The molecule has 0 N–H and O–H groups in total. The van der Waals surface area contributed by atoms with Crippen LogP contribution in [0.25, 0.3) is 0 Å². The van der Waals surface area contributed by atoms with E-state index in [0.717, 1.165) is 3.57 Å². The van der Waals surface area contributed by atoms with Gasteiger partial charge in [0.05, 0.1) is 5.69 Å². The topological polar surface area (TPSA) is 59.1 Å². The van der Waals surface area contributed by atoms with Gasteiger partial charge in [0.1, 0.15) is 11.6 Å². The Bertz CT molecular complexity index is 823. The van der Waals surface area contributed by atoms with Crippen molar-refractivity contribution in [2.75, 3.05) is 44.3 Å². The lowest BCUT2D eigenvalue weighted by Crippen LogP contribution is -2.50. The summed E-state index contributed by atoms with van der Waals surface area (Å²) in [5.74, 6) is -0.579. The first-order chi connectivity index (χ1) is 13.5. The lowest BCUT2D eigenvalue weighted by Gasteiger charge is -2.36. The smallest absolute Gasteiger partial charge is 0.344 e. The number of ether oxygens (including phenoxy) is 2. The predicted molar refractivity (Wildman–Crippen MR) is 111 cm³/mol. The van der Waals surface area contributed by atoms with E-state index in [2.05, 4.69) is 22.6 Å². The Morgan fingerprint density at radius 1 is 0.964 bits per heavy atom. The van der Waals surface area contributed by atoms with Gasteiger partial charge < -0.3 is 19.3 Å². The third-order valence-electron chi connectivity index (χ3n) is 4.35. The molecule has 1 amide bonds. The molecule has 1 aliphatic rings. The molecular weight excluding hydrogens is 478 g/mol. The molecule has 0 aliphatic carbocycles. The van der Waals surface area contributed by atoms with Gasteiger partial charge in [0.15, 0.2) is 13.2 Å². The maximum Gasteiger partial charge on any atom is 0.344 e. The van der Waals surface area contributed by atoms with Crippen molar-refractivity contribution in [1.82, 2.24) is 4.90 Å². The number of amides is 1. The van der Waals surface area contributed by atoms with Crippen LogP contribution in [0.2, 0.25) is 0 Å². The number of halogens is 2. The van der Waals surface area contributed by atoms with Crippen molar-refractivity contribution >= 4 is 40.2 Å². The zero-order valence-corrected chi connectivity index (χ0v) is 17.3. The Hall–Kier alpha value is -2.36. The van der Waals surface area contributed by atoms with Crippen molar-refractivity contribution in [3.05, 3.63) is 57.9 Å². The normalized spacial score (nSPS) is 13.9. The molecule has 0 atom stereocenters. The van der Waals surface area contributed by atoms with Crippen LogP contribution in [0.4, 0.5) is 10.1 Å². The SMILES string of the molecule is O=C(COc1ccc(I)cc1)OCC(=O)N1CCN(c2ccccc2F)CC1. The monoisotopic (exact) mass is 498 g/mol. The molecule has 0 saturated carbocycles. The number of carbonyl (C=O) groups is 2. The minimum atomic E-state index is -0.600. The second-order valence-corrected chi connectivity index (χ2v) is 7.47. The minimum Gasteiger partial charge on any atom is -0.482 e. The average Bonchev–Trinajstić information content (AvgIpc) is 2.72. The molecule has 1 heterocycles. The van der Waals surface area contributed by atoms with Crippen LogP contribution in [0.15, 0.2) is 48.5 Å². The van der Waals surface area contributed by atoms with Crippen LogP contribution in [-0.2, 0) is 14.3 Å². The molecule has 6 nitrogen and oxygen atoms in total. The van der Waals surface area contributed by atoms with E-state index in [-0.39, 0.29) is 24.9 Å². The maximum atomic E-state index is 13.9. The number of nitrogens with zero attached hydrogens (tertiary/aromatic N) is 2. The quantitative estimate of drug-likeness (QED) is 0.453. The van der Waals surface area contributed by atoms with Crippen molar-refractivity contribution in [1.29, 1.82) is 0 Å². The summed E-state index contributed by atoms with van der Waals surface area (Å²) in [6, 6.07) is 13.8. The first-order valence-corrected chi connectivity index (χ1v) is 9.92. The van der Waals surface area contributed by atoms with Crippen molar-refractivity contribution in [3.8, 4) is 5.75 Å². The first-order valence-electron chi connectivity index (χ1n) is 8.84. The van der Waals surface area contributed by atoms with Gasteiger partial charge >= 0.3 is 5.97 Å². The Morgan fingerprint density at radius 3 is 2.32 bits per heavy atom. The van der Waals surface area contributed by atoms with E-state index in [1.807, 2.05) is 17.0 Å². The van der Waals surface area contributed by atoms with Crippen molar-refractivity contribution in [2.24, 2.45) is 0 Å². The summed E-state index contributed by atoms with van der Waals surface area (Å²) in [6.07, 6.45) is 0. The van der Waals surface area contributed by atoms with Gasteiger partial charge in [-0.25, -0.2) is 9.18 Å². The molecule has 1 fully saturated rings. The fraction of sp³-hybridized carbons (Fsp3) is 0.300. The van der Waals surface area contributed by atoms with E-state index in [0.29, 0.717) is 37.6 Å². The molecule has 0 spiro atoms. The molecular formula is C20H20FIN2O4. The van der Waals surface area contributed by atoms with E-state index < -0.39 is 5.97 Å². The van der Waals surface area contributed by atoms with Gasteiger partial charge in [-0.3, -0.25) is 4.79 Å². The van der Waals surface area contributed by atoms with Crippen LogP contribution in [0.5, 0.6) is 5.75 Å². The lowest BCUT2D eigenvalue weighted by atomic mass is 10.2. The molecule has 3 rings (SSSR count). The molecule has 2 aromatic rings. The van der Waals surface area contributed by atoms with E-state index in [9.17, 15) is 14.0 Å². The highest BCUT2D eigenvalue weighted by atomic mass is 127. The molecule has 8 heteroatoms. The van der Waals surface area contributed by atoms with E-state index in [4.69, 9.17) is 9.47 Å². The van der Waals surface area contributed by atoms with Crippen LogP contribution in [0.1, 0.15) is 0 Å². The number of esters is 1. The van der Waals surface area contributed by atoms with Gasteiger partial charge in [-0.05, 0) is 59.0 Å². The zero-order valence-electron chi connectivity index (χ0n) is 15.1. The van der Waals surface area contributed by atoms with Gasteiger partial charge in [0.2, 0.25) is 0 Å². The number of para-hydroxylation sites is 1. The second-order valence-electron chi connectivity index (χ2n) is 6.22. The number of piperazine rings is 1. The maximum absolute atomic E-state index is 13.9. The molecule has 1 saturated heterocycles. The van der Waals surface area contributed by atoms with Gasteiger partial charge in [-0.15, -0.1) is 0 Å². The Labute approximate surface area is 176 Å². The largest absolute Gasteiger partial charge is 0.482 e. The predicted octanol–water partition coefficient (Wildman–Crippen LogP) is 2.70. The number of rotatable bonds is 6. The van der Waals surface area contributed by atoms with Crippen LogP contribution in [-0.4, -0.2) is 56.2 Å². The number of benzene rings is 2. The zero-order chi connectivity index (χ0) is 19.9. The average molecular weight is 498 g/mol. The Balaban J connectivity index is 1.39. The van der Waals surface area contributed by atoms with Gasteiger partial charge in [-0.2, -0.15) is 0 Å². The van der Waals surface area contributed by atoms with E-state index in [1.165, 1.54) is 6.07 Å². The summed E-state index contributed by atoms with van der Waals surface area (Å²) in [5.41, 5.74) is 0.536. The summed E-state index contributed by atoms with van der Waals surface area (Å²) in [6.45, 7) is 1.37. The summed E-state index contributed by atoms with van der Waals surface area (Å²) in [7, 11) is 0. The van der Waals surface area contributed by atoms with E-state index in [1.54, 1.807) is 35.2 Å². The van der Waals surface area contributed by atoms with Crippen molar-refractivity contribution in [3.63, 3.8) is 0 Å². The number of hydrogen-bond acceptors (Lipinski definition) is 5. The van der Waals surface area contributed by atoms with Crippen LogP contribution in [0.3, 0.4) is 0 Å². The Morgan fingerprint density at radius 2 is 1.64 bits per heavy atom. The molecule has 0 unspecified atom stereocenters. The second kappa shape index (κ2) is 9.72. The molecule has 0 bridgehead atoms. The third kappa shape index (κ3) is 5.57. The lowest BCUT2D eigenvalue weighted by molar-refractivity contribution is -0.153. The fourth-order valence-electron chi connectivity index (χ4n) is 2.85. The summed E-state index contributed by atoms with van der Waals surface area (Å²) in [5, 5.41) is 0. The molecule has 148 valence electrons. The molecule has 0 radical (unpaired) electrons. The molecule has 1 aliphatic heterocycles.